The molecule has 0 aromatic heterocycles. The summed E-state index contributed by atoms with van der Waals surface area (Å²) in [5, 5.41) is 13.9. The zero-order chi connectivity index (χ0) is 31.3. The molecule has 9 atom stereocenters. The maximum absolute atomic E-state index is 12.5. The molecule has 1 amide bonds. The van der Waals surface area contributed by atoms with Gasteiger partial charge in [0.15, 0.2) is 0 Å². The summed E-state index contributed by atoms with van der Waals surface area (Å²) in [6.07, 6.45) is 10.5. The van der Waals surface area contributed by atoms with E-state index in [1.165, 1.54) is 6.08 Å². The van der Waals surface area contributed by atoms with Crippen molar-refractivity contribution in [1.29, 1.82) is 0 Å². The van der Waals surface area contributed by atoms with Crippen molar-refractivity contribution in [1.82, 2.24) is 5.32 Å². The minimum Gasteiger partial charge on any atom is -0.462 e. The van der Waals surface area contributed by atoms with E-state index in [0.717, 1.165) is 24.8 Å². The lowest BCUT2D eigenvalue weighted by molar-refractivity contribution is -0.160. The number of carbonyl (C=O) groups excluding carboxylic acids is 3. The molecule has 0 radical (unpaired) electrons. The van der Waals surface area contributed by atoms with Gasteiger partial charge in [-0.25, -0.2) is 0 Å². The summed E-state index contributed by atoms with van der Waals surface area (Å²) in [6.45, 7) is 11.8. The summed E-state index contributed by atoms with van der Waals surface area (Å²) in [5.41, 5.74) is 0.366. The van der Waals surface area contributed by atoms with Gasteiger partial charge in [0, 0.05) is 12.5 Å². The molecular weight excluding hydrogens is 554 g/mol. The number of aliphatic hydroxyl groups is 1. The van der Waals surface area contributed by atoms with Crippen molar-refractivity contribution in [2.24, 2.45) is 11.8 Å². The van der Waals surface area contributed by atoms with Crippen LogP contribution in [-0.4, -0.2) is 83.9 Å². The van der Waals surface area contributed by atoms with Gasteiger partial charge in [0.1, 0.15) is 30.0 Å². The van der Waals surface area contributed by atoms with Crippen LogP contribution in [0.5, 0.6) is 0 Å². The number of amides is 1. The van der Waals surface area contributed by atoms with Gasteiger partial charge in [-0.15, -0.1) is 0 Å². The van der Waals surface area contributed by atoms with Crippen LogP contribution >= 0.6 is 0 Å². The molecule has 2 N–H and O–H groups in total. The highest BCUT2D eigenvalue weighted by molar-refractivity contribution is 5.87. The smallest absolute Gasteiger partial charge is 0.308 e. The first-order chi connectivity index (χ1) is 20.3. The van der Waals surface area contributed by atoms with Gasteiger partial charge >= 0.3 is 11.9 Å². The predicted octanol–water partition coefficient (Wildman–Crippen LogP) is 3.70. The molecular formula is C33H49NO9. The highest BCUT2D eigenvalue weighted by Gasteiger charge is 2.58. The Morgan fingerprint density at radius 3 is 2.49 bits per heavy atom. The summed E-state index contributed by atoms with van der Waals surface area (Å²) in [4.78, 5) is 36.5. The van der Waals surface area contributed by atoms with E-state index < -0.39 is 23.9 Å². The largest absolute Gasteiger partial charge is 0.462 e. The Balaban J connectivity index is 1.24. The van der Waals surface area contributed by atoms with Crippen LogP contribution in [0.1, 0.15) is 80.1 Å². The van der Waals surface area contributed by atoms with Crippen molar-refractivity contribution in [3.8, 4) is 0 Å². The SMILES string of the molecule is CC(/C=C/[C@H]1O[C@H](CC(=O)OC2CC2)C[C@@]2(CO2)[C@@H]1O)=C\C[C@@H]1O[C@H](C)[C@H](NC(=O)/C=C\[C@H](C)OC(=O)C(C)C)C[C@@H]1C. The second kappa shape index (κ2) is 14.5. The molecule has 0 bridgehead atoms. The van der Waals surface area contributed by atoms with Gasteiger partial charge in [0.05, 0.1) is 43.3 Å². The van der Waals surface area contributed by atoms with Crippen LogP contribution < -0.4 is 5.32 Å². The maximum atomic E-state index is 12.5. The van der Waals surface area contributed by atoms with E-state index in [0.29, 0.717) is 19.4 Å². The lowest BCUT2D eigenvalue weighted by atomic mass is 9.87. The van der Waals surface area contributed by atoms with Crippen molar-refractivity contribution in [2.45, 2.75) is 134 Å². The average Bonchev–Trinajstić information content (AvgIpc) is 3.88. The standard InChI is InChI=1S/C33H49NO9/c1-19(2)32(38)40-22(5)9-14-29(35)34-26-15-21(4)27(41-23(26)6)12-7-20(3)8-13-28-31(37)33(18-39-33)17-25(42-28)16-30(36)43-24-10-11-24/h7-9,13-14,19,21-28,31,37H,10-12,15-18H2,1-6H3,(H,34,35)/b13-8+,14-9-,20-7+/t21-,22-,23+,25+,26+,27-,28+,31+,33+/m0/s1. The van der Waals surface area contributed by atoms with Crippen molar-refractivity contribution < 1.29 is 43.2 Å². The molecule has 0 aromatic carbocycles. The van der Waals surface area contributed by atoms with Crippen LogP contribution in [0, 0.1) is 11.8 Å². The topological polar surface area (TPSA) is 133 Å². The quantitative estimate of drug-likeness (QED) is 0.148. The lowest BCUT2D eigenvalue weighted by Gasteiger charge is -2.39. The Labute approximate surface area is 255 Å². The van der Waals surface area contributed by atoms with E-state index >= 15 is 0 Å². The van der Waals surface area contributed by atoms with Crippen LogP contribution in [-0.2, 0) is 38.1 Å². The number of hydrogen-bond donors (Lipinski definition) is 2. The summed E-state index contributed by atoms with van der Waals surface area (Å²) in [5.74, 6) is -0.807. The molecule has 1 spiro atoms. The molecule has 1 saturated carbocycles. The molecule has 4 rings (SSSR count). The molecule has 10 heteroatoms. The van der Waals surface area contributed by atoms with Crippen molar-refractivity contribution in [3.05, 3.63) is 36.0 Å². The Kier molecular flexibility index (Phi) is 11.3. The third-order valence-corrected chi connectivity index (χ3v) is 8.56. The van der Waals surface area contributed by atoms with Crippen LogP contribution in [0.2, 0.25) is 0 Å². The third kappa shape index (κ3) is 9.73. The fraction of sp³-hybridized carbons (Fsp3) is 0.727. The summed E-state index contributed by atoms with van der Waals surface area (Å²) in [6, 6.07) is -0.127. The molecule has 0 aromatic rings. The Morgan fingerprint density at radius 2 is 1.84 bits per heavy atom. The lowest BCUT2D eigenvalue weighted by Crippen LogP contribution is -2.50. The van der Waals surface area contributed by atoms with Gasteiger partial charge in [-0.1, -0.05) is 44.6 Å². The number of epoxide rings is 1. The molecule has 240 valence electrons. The number of aliphatic hydroxyl groups excluding tert-OH is 1. The summed E-state index contributed by atoms with van der Waals surface area (Å²) < 4.78 is 28.7. The van der Waals surface area contributed by atoms with Crippen LogP contribution in [0.25, 0.3) is 0 Å². The Hall–Kier alpha value is -2.53. The average molecular weight is 604 g/mol. The van der Waals surface area contributed by atoms with Gasteiger partial charge in [0.2, 0.25) is 5.91 Å². The number of nitrogens with one attached hydrogen (secondary N) is 1. The number of carbonyl (C=O) groups is 3. The van der Waals surface area contributed by atoms with Crippen LogP contribution in [0.4, 0.5) is 0 Å². The highest BCUT2D eigenvalue weighted by Crippen LogP contribution is 2.43. The molecule has 3 heterocycles. The maximum Gasteiger partial charge on any atom is 0.308 e. The summed E-state index contributed by atoms with van der Waals surface area (Å²) in [7, 11) is 0. The second-order valence-corrected chi connectivity index (χ2v) is 13.0. The molecule has 10 nitrogen and oxygen atoms in total. The summed E-state index contributed by atoms with van der Waals surface area (Å²) >= 11 is 0. The van der Waals surface area contributed by atoms with Gasteiger partial charge in [-0.05, 0) is 58.4 Å². The number of esters is 2. The fourth-order valence-electron chi connectivity index (χ4n) is 5.55. The predicted molar refractivity (Wildman–Crippen MR) is 159 cm³/mol. The van der Waals surface area contributed by atoms with Gasteiger partial charge in [-0.2, -0.15) is 0 Å². The van der Waals surface area contributed by atoms with Crippen molar-refractivity contribution >= 4 is 17.8 Å². The molecule has 43 heavy (non-hydrogen) atoms. The van der Waals surface area contributed by atoms with E-state index in [2.05, 4.69) is 18.3 Å². The molecule has 4 fully saturated rings. The molecule has 4 aliphatic rings. The van der Waals surface area contributed by atoms with E-state index in [1.807, 2.05) is 26.0 Å². The number of hydrogen-bond acceptors (Lipinski definition) is 9. The van der Waals surface area contributed by atoms with Crippen LogP contribution in [0.3, 0.4) is 0 Å². The van der Waals surface area contributed by atoms with Crippen molar-refractivity contribution in [3.63, 3.8) is 0 Å². The zero-order valence-corrected chi connectivity index (χ0v) is 26.3. The Morgan fingerprint density at radius 1 is 1.12 bits per heavy atom. The van der Waals surface area contributed by atoms with Crippen molar-refractivity contribution in [2.75, 3.05) is 6.61 Å². The fourth-order valence-corrected chi connectivity index (χ4v) is 5.55. The normalized spacial score (nSPS) is 35.3. The van der Waals surface area contributed by atoms with E-state index in [4.69, 9.17) is 23.7 Å². The molecule has 3 saturated heterocycles. The van der Waals surface area contributed by atoms with E-state index in [9.17, 15) is 19.5 Å². The molecule has 1 aliphatic carbocycles. The van der Waals surface area contributed by atoms with Gasteiger partial charge in [-0.3, -0.25) is 14.4 Å². The molecule has 0 unspecified atom stereocenters. The minimum absolute atomic E-state index is 0.000901. The van der Waals surface area contributed by atoms with Crippen LogP contribution in [0.15, 0.2) is 36.0 Å². The van der Waals surface area contributed by atoms with E-state index in [1.54, 1.807) is 26.8 Å². The third-order valence-electron chi connectivity index (χ3n) is 8.56. The number of allylic oxidation sites excluding steroid dienone is 2. The first-order valence-electron chi connectivity index (χ1n) is 15.7. The van der Waals surface area contributed by atoms with E-state index in [-0.39, 0.29) is 66.6 Å². The first-order valence-corrected chi connectivity index (χ1v) is 15.7. The first kappa shape index (κ1) is 33.4. The highest BCUT2D eigenvalue weighted by atomic mass is 16.6. The monoisotopic (exact) mass is 603 g/mol. The zero-order valence-electron chi connectivity index (χ0n) is 26.3. The second-order valence-electron chi connectivity index (χ2n) is 13.0. The van der Waals surface area contributed by atoms with Gasteiger partial charge < -0.3 is 34.1 Å². The molecule has 3 aliphatic heterocycles. The Bertz CT molecular complexity index is 1090. The minimum atomic E-state index is -0.796. The number of rotatable bonds is 12. The number of ether oxygens (including phenoxy) is 5. The van der Waals surface area contributed by atoms with Gasteiger partial charge in [0.25, 0.3) is 0 Å².